The molecule has 0 aliphatic rings. The molecule has 0 amide bonds. The van der Waals surface area contributed by atoms with E-state index in [1.54, 1.807) is 16.8 Å². The Kier molecular flexibility index (Phi) is 5.37. The maximum atomic E-state index is 13.5. The number of carbonyl (C=O) groups excluding carboxylic acids is 2. The van der Waals surface area contributed by atoms with Crippen molar-refractivity contribution in [3.05, 3.63) is 94.2 Å². The van der Waals surface area contributed by atoms with E-state index in [9.17, 15) is 14.4 Å². The van der Waals surface area contributed by atoms with E-state index >= 15 is 0 Å². The summed E-state index contributed by atoms with van der Waals surface area (Å²) in [6.45, 7) is 1.90. The maximum absolute atomic E-state index is 13.5. The molecular formula is C26H20N4O5. The summed E-state index contributed by atoms with van der Waals surface area (Å²) in [5, 5.41) is 4.97. The zero-order chi connectivity index (χ0) is 24.7. The molecule has 0 bridgehead atoms. The lowest BCUT2D eigenvalue weighted by molar-refractivity contribution is 0.0599. The quantitative estimate of drug-likeness (QED) is 0.371. The topological polar surface area (TPSA) is 105 Å². The second-order valence-corrected chi connectivity index (χ2v) is 7.86. The summed E-state index contributed by atoms with van der Waals surface area (Å²) in [5.74, 6) is -1.29. The summed E-state index contributed by atoms with van der Waals surface area (Å²) < 4.78 is 12.6. The van der Waals surface area contributed by atoms with E-state index in [1.165, 1.54) is 43.2 Å². The highest BCUT2D eigenvalue weighted by Gasteiger charge is 2.18. The average molecular weight is 468 g/mol. The first kappa shape index (κ1) is 22.0. The molecule has 2 aromatic carbocycles. The van der Waals surface area contributed by atoms with Crippen LogP contribution in [0.25, 0.3) is 33.4 Å². The van der Waals surface area contributed by atoms with Crippen LogP contribution in [0.5, 0.6) is 0 Å². The van der Waals surface area contributed by atoms with Gasteiger partial charge >= 0.3 is 11.9 Å². The second-order valence-electron chi connectivity index (χ2n) is 7.86. The third-order valence-electron chi connectivity index (χ3n) is 5.79. The molecule has 3 aromatic heterocycles. The Morgan fingerprint density at radius 1 is 0.914 bits per heavy atom. The van der Waals surface area contributed by atoms with Gasteiger partial charge in [-0.1, -0.05) is 30.3 Å². The minimum Gasteiger partial charge on any atom is -0.465 e. The number of esters is 2. The zero-order valence-electron chi connectivity index (χ0n) is 19.2. The van der Waals surface area contributed by atoms with E-state index in [0.29, 0.717) is 22.2 Å². The number of hydrogen-bond donors (Lipinski definition) is 0. The molecule has 0 N–H and O–H groups in total. The van der Waals surface area contributed by atoms with Crippen molar-refractivity contribution < 1.29 is 19.1 Å². The van der Waals surface area contributed by atoms with Gasteiger partial charge in [-0.15, -0.1) is 0 Å². The van der Waals surface area contributed by atoms with Crippen molar-refractivity contribution in [2.75, 3.05) is 14.2 Å². The van der Waals surface area contributed by atoms with Crippen LogP contribution in [-0.2, 0) is 9.47 Å². The Morgan fingerprint density at radius 2 is 1.57 bits per heavy atom. The molecule has 0 aliphatic carbocycles. The molecule has 35 heavy (non-hydrogen) atoms. The van der Waals surface area contributed by atoms with Crippen LogP contribution in [0.15, 0.2) is 71.8 Å². The minimum atomic E-state index is -0.644. The lowest BCUT2D eigenvalue weighted by atomic mass is 10.1. The smallest absolute Gasteiger partial charge is 0.337 e. The standard InChI is InChI=1S/C26H20N4O5/c1-15-22(16-7-5-4-6-8-16)23-27-14-20-21(30(23)28-15)9-10-29(24(20)31)19-12-17(25(32)34-2)11-18(13-19)26(33)35-3/h4-14H,1-3H3. The van der Waals surface area contributed by atoms with Gasteiger partial charge in [-0.05, 0) is 36.8 Å². The number of rotatable bonds is 4. The van der Waals surface area contributed by atoms with Gasteiger partial charge in [0.15, 0.2) is 5.65 Å². The van der Waals surface area contributed by atoms with E-state index in [-0.39, 0.29) is 16.7 Å². The molecule has 0 atom stereocenters. The Morgan fingerprint density at radius 3 is 2.20 bits per heavy atom. The molecule has 9 nitrogen and oxygen atoms in total. The molecule has 0 aliphatic heterocycles. The van der Waals surface area contributed by atoms with Crippen LogP contribution in [0, 0.1) is 6.92 Å². The monoisotopic (exact) mass is 468 g/mol. The van der Waals surface area contributed by atoms with E-state index in [0.717, 1.165) is 16.8 Å². The zero-order valence-corrected chi connectivity index (χ0v) is 19.2. The van der Waals surface area contributed by atoms with Gasteiger partial charge in [-0.2, -0.15) is 5.10 Å². The molecule has 5 rings (SSSR count). The van der Waals surface area contributed by atoms with Gasteiger partial charge in [0.1, 0.15) is 0 Å². The molecule has 0 unspecified atom stereocenters. The van der Waals surface area contributed by atoms with Gasteiger partial charge in [0.2, 0.25) is 0 Å². The summed E-state index contributed by atoms with van der Waals surface area (Å²) in [5.41, 5.74) is 4.03. The van der Waals surface area contributed by atoms with Crippen molar-refractivity contribution in [3.8, 4) is 16.8 Å². The van der Waals surface area contributed by atoms with Crippen LogP contribution >= 0.6 is 0 Å². The predicted molar refractivity (Wildman–Crippen MR) is 129 cm³/mol. The number of pyridine rings is 1. The summed E-state index contributed by atoms with van der Waals surface area (Å²) in [6, 6.07) is 15.9. The highest BCUT2D eigenvalue weighted by molar-refractivity contribution is 5.96. The van der Waals surface area contributed by atoms with E-state index in [1.807, 2.05) is 37.3 Å². The summed E-state index contributed by atoms with van der Waals surface area (Å²) >= 11 is 0. The Bertz CT molecular complexity index is 1650. The summed E-state index contributed by atoms with van der Waals surface area (Å²) in [6.07, 6.45) is 3.09. The number of aryl methyl sites for hydroxylation is 1. The molecule has 9 heteroatoms. The van der Waals surface area contributed by atoms with Crippen molar-refractivity contribution in [2.24, 2.45) is 0 Å². The first-order valence-electron chi connectivity index (χ1n) is 10.7. The highest BCUT2D eigenvalue weighted by Crippen LogP contribution is 2.28. The summed E-state index contributed by atoms with van der Waals surface area (Å²) in [7, 11) is 2.48. The number of nitrogens with zero attached hydrogens (tertiary/aromatic N) is 4. The van der Waals surface area contributed by atoms with Crippen molar-refractivity contribution in [3.63, 3.8) is 0 Å². The number of benzene rings is 2. The number of hydrogen-bond acceptors (Lipinski definition) is 7. The fraction of sp³-hybridized carbons (Fsp3) is 0.115. The molecule has 0 saturated heterocycles. The fourth-order valence-electron chi connectivity index (χ4n) is 4.14. The van der Waals surface area contributed by atoms with E-state index < -0.39 is 11.9 Å². The number of aromatic nitrogens is 4. The molecule has 3 heterocycles. The first-order valence-corrected chi connectivity index (χ1v) is 10.7. The van der Waals surface area contributed by atoms with Gasteiger partial charge in [0.25, 0.3) is 5.56 Å². The van der Waals surface area contributed by atoms with E-state index in [4.69, 9.17) is 9.47 Å². The molecular weight excluding hydrogens is 448 g/mol. The van der Waals surface area contributed by atoms with Gasteiger partial charge in [-0.3, -0.25) is 9.36 Å². The van der Waals surface area contributed by atoms with Crippen LogP contribution in [0.1, 0.15) is 26.4 Å². The van der Waals surface area contributed by atoms with Crippen LogP contribution in [0.3, 0.4) is 0 Å². The molecule has 0 saturated carbocycles. The molecule has 5 aromatic rings. The average Bonchev–Trinajstić information content (AvgIpc) is 3.24. The van der Waals surface area contributed by atoms with Crippen LogP contribution in [-0.4, -0.2) is 45.3 Å². The van der Waals surface area contributed by atoms with Gasteiger partial charge in [0, 0.05) is 18.0 Å². The fourth-order valence-corrected chi connectivity index (χ4v) is 4.14. The van der Waals surface area contributed by atoms with Crippen molar-refractivity contribution in [2.45, 2.75) is 6.92 Å². The number of methoxy groups -OCH3 is 2. The molecule has 174 valence electrons. The predicted octanol–water partition coefficient (Wildman–Crippen LogP) is 3.58. The third kappa shape index (κ3) is 3.63. The van der Waals surface area contributed by atoms with Crippen LogP contribution in [0.2, 0.25) is 0 Å². The molecule has 0 radical (unpaired) electrons. The minimum absolute atomic E-state index is 0.112. The lowest BCUT2D eigenvalue weighted by Crippen LogP contribution is -2.20. The van der Waals surface area contributed by atoms with Gasteiger partial charge in [0.05, 0.1) is 47.6 Å². The third-order valence-corrected chi connectivity index (χ3v) is 5.79. The maximum Gasteiger partial charge on any atom is 0.337 e. The lowest BCUT2D eigenvalue weighted by Gasteiger charge is -2.11. The number of ether oxygens (including phenoxy) is 2. The normalized spacial score (nSPS) is 11.1. The first-order chi connectivity index (χ1) is 16.9. The van der Waals surface area contributed by atoms with Gasteiger partial charge in [-0.25, -0.2) is 19.1 Å². The number of fused-ring (bicyclic) bond motifs is 3. The van der Waals surface area contributed by atoms with Crippen molar-refractivity contribution >= 4 is 28.5 Å². The molecule has 0 spiro atoms. The van der Waals surface area contributed by atoms with Crippen molar-refractivity contribution in [1.82, 2.24) is 19.2 Å². The Hall–Kier alpha value is -4.79. The highest BCUT2D eigenvalue weighted by atomic mass is 16.5. The SMILES string of the molecule is COC(=O)c1cc(C(=O)OC)cc(-n2ccc3c(cnc4c(-c5ccccc5)c(C)nn43)c2=O)c1. The Balaban J connectivity index is 1.72. The molecule has 0 fully saturated rings. The number of carbonyl (C=O) groups is 2. The Labute approximate surface area is 199 Å². The van der Waals surface area contributed by atoms with Crippen LogP contribution < -0.4 is 5.56 Å². The second kappa shape index (κ2) is 8.53. The largest absolute Gasteiger partial charge is 0.465 e. The van der Waals surface area contributed by atoms with Gasteiger partial charge < -0.3 is 9.47 Å². The van der Waals surface area contributed by atoms with E-state index in [2.05, 4.69) is 10.1 Å². The van der Waals surface area contributed by atoms with Crippen molar-refractivity contribution in [1.29, 1.82) is 0 Å². The van der Waals surface area contributed by atoms with Crippen LogP contribution in [0.4, 0.5) is 0 Å². The summed E-state index contributed by atoms with van der Waals surface area (Å²) in [4.78, 5) is 42.4.